The second-order valence-electron chi connectivity index (χ2n) is 8.18. The number of azo groups is 1. The van der Waals surface area contributed by atoms with Crippen molar-refractivity contribution in [3.05, 3.63) is 59.7 Å². The van der Waals surface area contributed by atoms with Crippen LogP contribution in [0.2, 0.25) is 0 Å². The topological polar surface area (TPSA) is 133 Å². The molecule has 2 aromatic carbocycles. The van der Waals surface area contributed by atoms with Gasteiger partial charge in [0.2, 0.25) is 11.6 Å². The van der Waals surface area contributed by atoms with E-state index in [0.29, 0.717) is 16.7 Å². The van der Waals surface area contributed by atoms with Gasteiger partial charge in [-0.25, -0.2) is 4.79 Å². The van der Waals surface area contributed by atoms with Crippen molar-refractivity contribution in [3.63, 3.8) is 0 Å². The highest BCUT2D eigenvalue weighted by Crippen LogP contribution is 2.30. The number of rotatable bonds is 3. The second kappa shape index (κ2) is 10.9. The minimum Gasteiger partial charge on any atom is -0.466 e. The summed E-state index contributed by atoms with van der Waals surface area (Å²) in [7, 11) is 1.33. The molecular formula is C25H26N4O4. The monoisotopic (exact) mass is 446 g/mol. The van der Waals surface area contributed by atoms with E-state index in [1.807, 2.05) is 24.3 Å². The van der Waals surface area contributed by atoms with Crippen molar-refractivity contribution < 1.29 is 19.1 Å². The van der Waals surface area contributed by atoms with E-state index in [0.717, 1.165) is 10.8 Å². The fraction of sp³-hybridized carbons (Fsp3) is 0.320. The number of hydrogen-bond donors (Lipinski definition) is 0. The van der Waals surface area contributed by atoms with Gasteiger partial charge in [0, 0.05) is 22.1 Å². The molecule has 2 aromatic rings. The van der Waals surface area contributed by atoms with E-state index in [2.05, 4.69) is 21.5 Å². The van der Waals surface area contributed by atoms with Crippen LogP contribution >= 0.6 is 0 Å². The number of carbonyl (C=O) groups excluding carboxylic acids is 3. The van der Waals surface area contributed by atoms with Crippen molar-refractivity contribution in [1.82, 2.24) is 0 Å². The molecular weight excluding hydrogens is 420 g/mol. The molecule has 1 aliphatic carbocycles. The molecule has 1 aliphatic rings. The van der Waals surface area contributed by atoms with Crippen LogP contribution in [0.4, 0.5) is 0 Å². The third-order valence-corrected chi connectivity index (χ3v) is 4.23. The van der Waals surface area contributed by atoms with Crippen LogP contribution in [-0.2, 0) is 9.53 Å². The first kappa shape index (κ1) is 26.9. The molecule has 0 aromatic heterocycles. The molecule has 170 valence electrons. The molecule has 0 radical (unpaired) electrons. The average Bonchev–Trinajstić information content (AvgIpc) is 3.05. The zero-order chi connectivity index (χ0) is 25.4. The smallest absolute Gasteiger partial charge is 0.332 e. The van der Waals surface area contributed by atoms with Crippen LogP contribution in [0.5, 0.6) is 0 Å². The van der Waals surface area contributed by atoms with Gasteiger partial charge in [0.15, 0.2) is 11.1 Å². The van der Waals surface area contributed by atoms with E-state index in [1.165, 1.54) is 7.11 Å². The number of esters is 1. The van der Waals surface area contributed by atoms with Gasteiger partial charge in [-0.15, -0.1) is 0 Å². The van der Waals surface area contributed by atoms with Crippen LogP contribution in [0.25, 0.3) is 10.8 Å². The summed E-state index contributed by atoms with van der Waals surface area (Å²) >= 11 is 0. The normalized spacial score (nSPS) is 12.1. The number of methoxy groups -OCH3 is 1. The van der Waals surface area contributed by atoms with Crippen LogP contribution in [0.3, 0.4) is 0 Å². The van der Waals surface area contributed by atoms with E-state index in [-0.39, 0.29) is 17.5 Å². The van der Waals surface area contributed by atoms with Crippen molar-refractivity contribution in [1.29, 1.82) is 10.5 Å². The van der Waals surface area contributed by atoms with Gasteiger partial charge in [-0.1, -0.05) is 43.0 Å². The summed E-state index contributed by atoms with van der Waals surface area (Å²) in [4.78, 5) is 33.2. The first-order valence-electron chi connectivity index (χ1n) is 9.91. The second-order valence-corrected chi connectivity index (χ2v) is 8.18. The lowest BCUT2D eigenvalue weighted by Crippen LogP contribution is -2.17. The molecule has 0 saturated heterocycles. The van der Waals surface area contributed by atoms with Gasteiger partial charge >= 0.3 is 5.97 Å². The van der Waals surface area contributed by atoms with Crippen LogP contribution < -0.4 is 0 Å². The predicted octanol–water partition coefficient (Wildman–Crippen LogP) is 5.00. The van der Waals surface area contributed by atoms with Gasteiger partial charge in [0.25, 0.3) is 0 Å². The number of Topliss-reactive ketones (excluding diaryl/α,β-unsaturated/α-hetero) is 2. The lowest BCUT2D eigenvalue weighted by molar-refractivity contribution is -0.136. The van der Waals surface area contributed by atoms with E-state index in [4.69, 9.17) is 10.5 Å². The van der Waals surface area contributed by atoms with Crippen LogP contribution in [0, 0.1) is 22.7 Å². The van der Waals surface area contributed by atoms with Gasteiger partial charge in [-0.05, 0) is 40.0 Å². The molecule has 33 heavy (non-hydrogen) atoms. The molecule has 0 aliphatic heterocycles. The Hall–Kier alpha value is -4.17. The average molecular weight is 447 g/mol. The van der Waals surface area contributed by atoms with Crippen molar-refractivity contribution >= 4 is 28.3 Å². The van der Waals surface area contributed by atoms with Crippen LogP contribution in [-0.4, -0.2) is 35.7 Å². The van der Waals surface area contributed by atoms with E-state index >= 15 is 0 Å². The largest absolute Gasteiger partial charge is 0.466 e. The summed E-state index contributed by atoms with van der Waals surface area (Å²) in [6.07, 6.45) is 0. The maximum atomic E-state index is 11.5. The number of nitrogens with zero attached hydrogens (tertiary/aromatic N) is 4. The van der Waals surface area contributed by atoms with Crippen LogP contribution in [0.15, 0.2) is 58.8 Å². The Labute approximate surface area is 193 Å². The quantitative estimate of drug-likeness (QED) is 0.282. The number of hydrogen-bond acceptors (Lipinski definition) is 8. The Kier molecular flexibility index (Phi) is 8.89. The summed E-state index contributed by atoms with van der Waals surface area (Å²) in [5, 5.41) is 26.4. The number of benzene rings is 2. The molecule has 8 heteroatoms. The van der Waals surface area contributed by atoms with Crippen molar-refractivity contribution in [2.45, 2.75) is 45.7 Å². The Balaban J connectivity index is 0.000000263. The van der Waals surface area contributed by atoms with Gasteiger partial charge in [0.1, 0.15) is 0 Å². The minimum absolute atomic E-state index is 0.347. The third-order valence-electron chi connectivity index (χ3n) is 4.23. The predicted molar refractivity (Wildman–Crippen MR) is 124 cm³/mol. The third kappa shape index (κ3) is 7.19. The number of carbonyl (C=O) groups is 3. The molecule has 0 spiro atoms. The zero-order valence-corrected chi connectivity index (χ0v) is 19.6. The van der Waals surface area contributed by atoms with Crippen molar-refractivity contribution in [3.8, 4) is 12.1 Å². The minimum atomic E-state index is -0.839. The SMILES string of the molecule is C=C(C)C(=O)OC.CC(C)(C#N)N=NC(C)(C)C#N.O=C1C(=O)c2cccc3cccc1c23. The van der Waals surface area contributed by atoms with Crippen molar-refractivity contribution in [2.24, 2.45) is 10.2 Å². The Morgan fingerprint density at radius 1 is 0.909 bits per heavy atom. The zero-order valence-electron chi connectivity index (χ0n) is 19.6. The highest BCUT2D eigenvalue weighted by molar-refractivity contribution is 6.57. The summed E-state index contributed by atoms with van der Waals surface area (Å²) in [5.74, 6) is -1.10. The Morgan fingerprint density at radius 2 is 1.30 bits per heavy atom. The lowest BCUT2D eigenvalue weighted by Gasteiger charge is -2.11. The molecule has 0 heterocycles. The molecule has 0 bridgehead atoms. The van der Waals surface area contributed by atoms with E-state index in [9.17, 15) is 14.4 Å². The van der Waals surface area contributed by atoms with Gasteiger partial charge < -0.3 is 4.74 Å². The molecule has 0 N–H and O–H groups in total. The first-order chi connectivity index (χ1) is 15.3. The lowest BCUT2D eigenvalue weighted by atomic mass is 10.1. The maximum absolute atomic E-state index is 11.5. The highest BCUT2D eigenvalue weighted by Gasteiger charge is 2.29. The summed E-state index contributed by atoms with van der Waals surface area (Å²) in [6, 6.07) is 14.8. The molecule has 0 amide bonds. The molecule has 3 rings (SSSR count). The van der Waals surface area contributed by atoms with Gasteiger partial charge in [-0.3, -0.25) is 9.59 Å². The molecule has 8 nitrogen and oxygen atoms in total. The number of ketones is 2. The Morgan fingerprint density at radius 3 is 1.58 bits per heavy atom. The maximum Gasteiger partial charge on any atom is 0.332 e. The fourth-order valence-corrected chi connectivity index (χ4v) is 2.43. The van der Waals surface area contributed by atoms with Crippen molar-refractivity contribution in [2.75, 3.05) is 7.11 Å². The first-order valence-corrected chi connectivity index (χ1v) is 9.91. The molecule has 0 saturated carbocycles. The summed E-state index contributed by atoms with van der Waals surface area (Å²) in [6.45, 7) is 11.5. The van der Waals surface area contributed by atoms with Gasteiger partial charge in [0.05, 0.1) is 19.2 Å². The summed E-state index contributed by atoms with van der Waals surface area (Å²) in [5.41, 5.74) is -0.156. The van der Waals surface area contributed by atoms with E-state index in [1.54, 1.807) is 58.9 Å². The van der Waals surface area contributed by atoms with Crippen LogP contribution in [0.1, 0.15) is 55.3 Å². The molecule has 0 unspecified atom stereocenters. The number of ether oxygens (including phenoxy) is 1. The van der Waals surface area contributed by atoms with Gasteiger partial charge in [-0.2, -0.15) is 20.8 Å². The standard InChI is InChI=1S/C12H6O2.C8H12N4.C5H8O2/c13-11-8-5-1-3-7-4-2-6-9(10(7)8)12(11)14;1-7(2,5-9)11-12-8(3,4)6-10;1-4(2)5(6)7-3/h1-6H;1-4H3;1H2,2-3H3. The summed E-state index contributed by atoms with van der Waals surface area (Å²) < 4.78 is 4.27. The fourth-order valence-electron chi connectivity index (χ4n) is 2.43. The Bertz CT molecular complexity index is 1130. The molecule has 0 fully saturated rings. The molecule has 0 atom stereocenters. The highest BCUT2D eigenvalue weighted by atomic mass is 16.5. The number of nitriles is 2. The van der Waals surface area contributed by atoms with E-state index < -0.39 is 11.1 Å².